The lowest BCUT2D eigenvalue weighted by molar-refractivity contribution is -0.125. The van der Waals surface area contributed by atoms with Gasteiger partial charge in [-0.05, 0) is 12.1 Å². The molecule has 2 unspecified atom stereocenters. The topological polar surface area (TPSA) is 78.6 Å². The van der Waals surface area contributed by atoms with Crippen LogP contribution in [0.5, 0.6) is 0 Å². The Labute approximate surface area is 98.8 Å². The predicted molar refractivity (Wildman–Crippen MR) is 60.8 cm³/mol. The number of carbonyl (C=O) groups is 1. The van der Waals surface area contributed by atoms with Crippen molar-refractivity contribution >= 4 is 12.0 Å². The second-order valence-corrected chi connectivity index (χ2v) is 4.09. The number of hydrogen-bond acceptors (Lipinski definition) is 4. The Hall–Kier alpha value is -1.66. The van der Waals surface area contributed by atoms with Gasteiger partial charge in [-0.15, -0.1) is 0 Å². The van der Waals surface area contributed by atoms with Gasteiger partial charge in [0.1, 0.15) is 0 Å². The van der Waals surface area contributed by atoms with E-state index < -0.39 is 12.2 Å². The second kappa shape index (κ2) is 4.68. The first-order valence-electron chi connectivity index (χ1n) is 5.39. The Kier molecular flexibility index (Phi) is 3.26. The lowest BCUT2D eigenvalue weighted by Gasteiger charge is -2.11. The van der Waals surface area contributed by atoms with Gasteiger partial charge in [0.15, 0.2) is 0 Å². The third kappa shape index (κ3) is 2.54. The Morgan fingerprint density at radius 3 is 2.65 bits per heavy atom. The fourth-order valence-corrected chi connectivity index (χ4v) is 1.76. The van der Waals surface area contributed by atoms with Crippen molar-refractivity contribution in [1.82, 2.24) is 14.7 Å². The van der Waals surface area contributed by atoms with Crippen LogP contribution in [0.2, 0.25) is 0 Å². The molecule has 1 saturated heterocycles. The molecular weight excluding hydrogens is 222 g/mol. The third-order valence-corrected chi connectivity index (χ3v) is 2.83. The number of aliphatic hydroxyl groups excluding tert-OH is 2. The maximum Gasteiger partial charge on any atom is 0.246 e. The Balaban J connectivity index is 1.98. The number of likely N-dealkylation sites (tertiary alicyclic amines) is 1. The molecule has 2 heterocycles. The summed E-state index contributed by atoms with van der Waals surface area (Å²) in [4.78, 5) is 13.1. The monoisotopic (exact) mass is 237 g/mol. The van der Waals surface area contributed by atoms with E-state index in [1.807, 2.05) is 0 Å². The summed E-state index contributed by atoms with van der Waals surface area (Å²) in [6.07, 6.45) is 3.04. The number of aliphatic hydroxyl groups is 2. The SMILES string of the molecule is Cn1nccc1/C=C/C(=O)N1CC(O)C(O)C1. The van der Waals surface area contributed by atoms with Gasteiger partial charge in [-0.25, -0.2) is 0 Å². The highest BCUT2D eigenvalue weighted by Gasteiger charge is 2.31. The molecule has 0 bridgehead atoms. The van der Waals surface area contributed by atoms with E-state index in [0.29, 0.717) is 0 Å². The molecule has 1 aromatic rings. The highest BCUT2D eigenvalue weighted by Crippen LogP contribution is 2.11. The van der Waals surface area contributed by atoms with Gasteiger partial charge >= 0.3 is 0 Å². The first-order valence-corrected chi connectivity index (χ1v) is 5.39. The first-order chi connectivity index (χ1) is 8.08. The molecule has 1 aliphatic heterocycles. The lowest BCUT2D eigenvalue weighted by atomic mass is 10.3. The van der Waals surface area contributed by atoms with Crippen molar-refractivity contribution in [2.45, 2.75) is 12.2 Å². The summed E-state index contributed by atoms with van der Waals surface area (Å²) in [7, 11) is 1.79. The Morgan fingerprint density at radius 2 is 2.12 bits per heavy atom. The molecular formula is C11H15N3O3. The number of hydrogen-bond donors (Lipinski definition) is 2. The quantitative estimate of drug-likeness (QED) is 0.646. The minimum absolute atomic E-state index is 0.176. The number of rotatable bonds is 2. The number of β-amino-alcohol motifs (C(OH)–C–C–N with tert-alkyl or cyclic N) is 2. The van der Waals surface area contributed by atoms with Crippen LogP contribution in [0.4, 0.5) is 0 Å². The van der Waals surface area contributed by atoms with Gasteiger partial charge in [-0.1, -0.05) is 0 Å². The van der Waals surface area contributed by atoms with E-state index in [-0.39, 0.29) is 19.0 Å². The smallest absolute Gasteiger partial charge is 0.246 e. The zero-order valence-electron chi connectivity index (χ0n) is 9.52. The molecule has 0 saturated carbocycles. The zero-order chi connectivity index (χ0) is 12.4. The summed E-state index contributed by atoms with van der Waals surface area (Å²) in [5.41, 5.74) is 0.818. The van der Waals surface area contributed by atoms with Crippen molar-refractivity contribution in [3.8, 4) is 0 Å². The highest BCUT2D eigenvalue weighted by molar-refractivity contribution is 5.91. The maximum absolute atomic E-state index is 11.7. The molecule has 1 aromatic heterocycles. The van der Waals surface area contributed by atoms with Gasteiger partial charge in [0.25, 0.3) is 0 Å². The first kappa shape index (κ1) is 11.8. The number of aromatic nitrogens is 2. The second-order valence-electron chi connectivity index (χ2n) is 4.09. The van der Waals surface area contributed by atoms with Crippen LogP contribution >= 0.6 is 0 Å². The fraction of sp³-hybridized carbons (Fsp3) is 0.455. The Bertz CT molecular complexity index is 431. The van der Waals surface area contributed by atoms with Crippen molar-refractivity contribution in [2.75, 3.05) is 13.1 Å². The molecule has 17 heavy (non-hydrogen) atoms. The highest BCUT2D eigenvalue weighted by atomic mass is 16.3. The molecule has 1 aliphatic rings. The largest absolute Gasteiger partial charge is 0.388 e. The van der Waals surface area contributed by atoms with E-state index in [2.05, 4.69) is 5.10 Å². The molecule has 0 radical (unpaired) electrons. The predicted octanol–water partition coefficient (Wildman–Crippen LogP) is -1.00. The van der Waals surface area contributed by atoms with Crippen LogP contribution in [0, 0.1) is 0 Å². The van der Waals surface area contributed by atoms with E-state index in [1.54, 1.807) is 30.1 Å². The van der Waals surface area contributed by atoms with Crippen LogP contribution in [0.3, 0.4) is 0 Å². The molecule has 0 spiro atoms. The molecule has 1 amide bonds. The summed E-state index contributed by atoms with van der Waals surface area (Å²) in [5.74, 6) is -0.221. The molecule has 0 aliphatic carbocycles. The van der Waals surface area contributed by atoms with Gasteiger partial charge in [-0.2, -0.15) is 5.10 Å². The summed E-state index contributed by atoms with van der Waals surface area (Å²) in [5, 5.41) is 22.6. The summed E-state index contributed by atoms with van der Waals surface area (Å²) in [6, 6.07) is 1.79. The average Bonchev–Trinajstić information content (AvgIpc) is 2.83. The maximum atomic E-state index is 11.7. The summed E-state index contributed by atoms with van der Waals surface area (Å²) >= 11 is 0. The molecule has 1 fully saturated rings. The fourth-order valence-electron chi connectivity index (χ4n) is 1.76. The van der Waals surface area contributed by atoms with Gasteiger partial charge in [-0.3, -0.25) is 9.48 Å². The van der Waals surface area contributed by atoms with Crippen molar-refractivity contribution in [2.24, 2.45) is 7.05 Å². The van der Waals surface area contributed by atoms with E-state index in [1.165, 1.54) is 11.0 Å². The van der Waals surface area contributed by atoms with E-state index in [4.69, 9.17) is 0 Å². The van der Waals surface area contributed by atoms with E-state index >= 15 is 0 Å². The summed E-state index contributed by atoms with van der Waals surface area (Å²) < 4.78 is 1.65. The number of nitrogens with zero attached hydrogens (tertiary/aromatic N) is 3. The summed E-state index contributed by atoms with van der Waals surface area (Å²) in [6.45, 7) is 0.353. The third-order valence-electron chi connectivity index (χ3n) is 2.83. The van der Waals surface area contributed by atoms with Crippen LogP contribution in [0.15, 0.2) is 18.3 Å². The van der Waals surface area contributed by atoms with Crippen LogP contribution in [0.1, 0.15) is 5.69 Å². The van der Waals surface area contributed by atoms with E-state index in [9.17, 15) is 15.0 Å². The number of aryl methyl sites for hydroxylation is 1. The van der Waals surface area contributed by atoms with Crippen molar-refractivity contribution in [3.05, 3.63) is 24.0 Å². The minimum atomic E-state index is -0.843. The number of carbonyl (C=O) groups excluding carboxylic acids is 1. The normalized spacial score (nSPS) is 24.8. The van der Waals surface area contributed by atoms with Crippen LogP contribution in [0.25, 0.3) is 6.08 Å². The van der Waals surface area contributed by atoms with Crippen LogP contribution in [-0.4, -0.2) is 56.1 Å². The number of amides is 1. The van der Waals surface area contributed by atoms with Gasteiger partial charge in [0.2, 0.25) is 5.91 Å². The molecule has 6 heteroatoms. The molecule has 2 rings (SSSR count). The standard InChI is InChI=1S/C11H15N3O3/c1-13-8(4-5-12-13)2-3-11(17)14-6-9(15)10(16)7-14/h2-5,9-10,15-16H,6-7H2,1H3/b3-2+. The van der Waals surface area contributed by atoms with Gasteiger partial charge in [0.05, 0.1) is 17.9 Å². The molecule has 92 valence electrons. The molecule has 2 atom stereocenters. The van der Waals surface area contributed by atoms with E-state index in [0.717, 1.165) is 5.69 Å². The molecule has 6 nitrogen and oxygen atoms in total. The van der Waals surface area contributed by atoms with Gasteiger partial charge in [0, 0.05) is 32.4 Å². The molecule has 0 aromatic carbocycles. The van der Waals surface area contributed by atoms with Crippen molar-refractivity contribution < 1.29 is 15.0 Å². The Morgan fingerprint density at radius 1 is 1.47 bits per heavy atom. The lowest BCUT2D eigenvalue weighted by Crippen LogP contribution is -2.27. The van der Waals surface area contributed by atoms with Gasteiger partial charge < -0.3 is 15.1 Å². The van der Waals surface area contributed by atoms with Crippen molar-refractivity contribution in [3.63, 3.8) is 0 Å². The minimum Gasteiger partial charge on any atom is -0.388 e. The van der Waals surface area contributed by atoms with Crippen LogP contribution < -0.4 is 0 Å². The van der Waals surface area contributed by atoms with Crippen LogP contribution in [-0.2, 0) is 11.8 Å². The molecule has 2 N–H and O–H groups in total. The zero-order valence-corrected chi connectivity index (χ0v) is 9.52. The average molecular weight is 237 g/mol. The van der Waals surface area contributed by atoms with Crippen molar-refractivity contribution in [1.29, 1.82) is 0 Å².